The number of hydrogen-bond donors (Lipinski definition) is 2. The van der Waals surface area contributed by atoms with E-state index in [4.69, 9.17) is 12.2 Å². The number of hydrogen-bond acceptors (Lipinski definition) is 2. The maximum absolute atomic E-state index is 5.37. The highest BCUT2D eigenvalue weighted by Crippen LogP contribution is 2.14. The molecule has 0 spiro atoms. The molecule has 0 saturated carbocycles. The van der Waals surface area contributed by atoms with Crippen LogP contribution in [-0.4, -0.2) is 24.1 Å². The molecule has 0 atom stereocenters. The molecule has 0 saturated heterocycles. The van der Waals surface area contributed by atoms with E-state index in [1.807, 2.05) is 6.07 Å². The molecule has 2 rings (SSSR count). The van der Waals surface area contributed by atoms with Crippen LogP contribution < -0.4 is 10.6 Å². The van der Waals surface area contributed by atoms with Crippen molar-refractivity contribution < 1.29 is 0 Å². The Morgan fingerprint density at radius 3 is 2.22 bits per heavy atom. The molecule has 2 aromatic rings. The summed E-state index contributed by atoms with van der Waals surface area (Å²) in [4.78, 5) is 2.16. The summed E-state index contributed by atoms with van der Waals surface area (Å²) in [7, 11) is 4.15. The van der Waals surface area contributed by atoms with Gasteiger partial charge in [-0.1, -0.05) is 30.3 Å². The second-order valence-electron chi connectivity index (χ2n) is 6.16. The van der Waals surface area contributed by atoms with Gasteiger partial charge in [0.2, 0.25) is 0 Å². The lowest BCUT2D eigenvalue weighted by Gasteiger charge is -2.13. The fourth-order valence-corrected chi connectivity index (χ4v) is 2.49. The number of nitrogens with one attached hydrogen (secondary N) is 2. The van der Waals surface area contributed by atoms with E-state index in [9.17, 15) is 0 Å². The minimum atomic E-state index is 0.644. The summed E-state index contributed by atoms with van der Waals surface area (Å²) in [5.41, 5.74) is 6.10. The van der Waals surface area contributed by atoms with Gasteiger partial charge in [-0.2, -0.15) is 0 Å². The maximum Gasteiger partial charge on any atom is 0.171 e. The van der Waals surface area contributed by atoms with Gasteiger partial charge in [0.05, 0.1) is 0 Å². The number of rotatable bonds is 5. The lowest BCUT2D eigenvalue weighted by Crippen LogP contribution is -2.27. The van der Waals surface area contributed by atoms with Crippen LogP contribution >= 0.6 is 12.2 Å². The van der Waals surface area contributed by atoms with E-state index in [2.05, 4.69) is 79.9 Å². The topological polar surface area (TPSA) is 27.3 Å². The first-order valence-electron chi connectivity index (χ1n) is 7.78. The number of nitrogens with zero attached hydrogens (tertiary/aromatic N) is 1. The molecular weight excluding hydrogens is 302 g/mol. The fraction of sp³-hybridized carbons (Fsp3) is 0.316. The molecule has 0 aliphatic carbocycles. The zero-order valence-electron chi connectivity index (χ0n) is 14.3. The van der Waals surface area contributed by atoms with Crippen LogP contribution in [0.25, 0.3) is 0 Å². The van der Waals surface area contributed by atoms with Crippen LogP contribution in [-0.2, 0) is 13.1 Å². The largest absolute Gasteiger partial charge is 0.358 e. The molecule has 0 amide bonds. The van der Waals surface area contributed by atoms with E-state index < -0.39 is 0 Å². The second kappa shape index (κ2) is 8.09. The van der Waals surface area contributed by atoms with Gasteiger partial charge in [-0.25, -0.2) is 0 Å². The molecule has 122 valence electrons. The minimum Gasteiger partial charge on any atom is -0.358 e. The molecule has 4 heteroatoms. The summed E-state index contributed by atoms with van der Waals surface area (Å²) in [6.45, 7) is 5.89. The first-order valence-corrected chi connectivity index (χ1v) is 8.19. The standard InChI is InChI=1S/C19H25N3S/c1-14-5-10-18(11-15(14)2)21-19(23)20-12-16-6-8-17(9-7-16)13-22(3)4/h5-11H,12-13H2,1-4H3,(H2,20,21,23). The molecule has 2 aromatic carbocycles. The average molecular weight is 327 g/mol. The van der Waals surface area contributed by atoms with Crippen LogP contribution in [0.5, 0.6) is 0 Å². The molecule has 3 nitrogen and oxygen atoms in total. The predicted octanol–water partition coefficient (Wildman–Crippen LogP) is 3.85. The summed E-state index contributed by atoms with van der Waals surface area (Å²) >= 11 is 5.37. The summed E-state index contributed by atoms with van der Waals surface area (Å²) in [6, 6.07) is 14.9. The summed E-state index contributed by atoms with van der Waals surface area (Å²) < 4.78 is 0. The van der Waals surface area contributed by atoms with Crippen LogP contribution in [0.1, 0.15) is 22.3 Å². The van der Waals surface area contributed by atoms with Crippen LogP contribution in [0.2, 0.25) is 0 Å². The van der Waals surface area contributed by atoms with Gasteiger partial charge in [-0.3, -0.25) is 0 Å². The smallest absolute Gasteiger partial charge is 0.171 e. The fourth-order valence-electron chi connectivity index (χ4n) is 2.30. The van der Waals surface area contributed by atoms with Crippen molar-refractivity contribution in [1.82, 2.24) is 10.2 Å². The van der Waals surface area contributed by atoms with E-state index in [0.717, 1.165) is 18.8 Å². The van der Waals surface area contributed by atoms with Crippen LogP contribution in [0.4, 0.5) is 5.69 Å². The quantitative estimate of drug-likeness (QED) is 0.816. The highest BCUT2D eigenvalue weighted by molar-refractivity contribution is 7.80. The van der Waals surface area contributed by atoms with Crippen LogP contribution in [0, 0.1) is 13.8 Å². The Labute approximate surface area is 144 Å². The molecule has 0 heterocycles. The molecule has 0 unspecified atom stereocenters. The number of anilines is 1. The van der Waals surface area contributed by atoms with E-state index in [0.29, 0.717) is 5.11 Å². The molecule has 0 radical (unpaired) electrons. The van der Waals surface area contributed by atoms with Gasteiger partial charge in [-0.15, -0.1) is 0 Å². The third-order valence-corrected chi connectivity index (χ3v) is 3.99. The Balaban J connectivity index is 1.85. The molecule has 2 N–H and O–H groups in total. The Kier molecular flexibility index (Phi) is 6.13. The SMILES string of the molecule is Cc1ccc(NC(=S)NCc2ccc(CN(C)C)cc2)cc1C. The molecule has 23 heavy (non-hydrogen) atoms. The first-order chi connectivity index (χ1) is 10.9. The first kappa shape index (κ1) is 17.4. The normalized spacial score (nSPS) is 10.7. The van der Waals surface area contributed by atoms with Crippen molar-refractivity contribution >= 4 is 23.0 Å². The van der Waals surface area contributed by atoms with E-state index in [1.165, 1.54) is 22.3 Å². The lowest BCUT2D eigenvalue weighted by atomic mass is 10.1. The van der Waals surface area contributed by atoms with Gasteiger partial charge < -0.3 is 15.5 Å². The summed E-state index contributed by atoms with van der Waals surface area (Å²) in [6.07, 6.45) is 0. The predicted molar refractivity (Wildman–Crippen MR) is 103 cm³/mol. The van der Waals surface area contributed by atoms with Gasteiger partial charge in [-0.05, 0) is 74.5 Å². The lowest BCUT2D eigenvalue weighted by molar-refractivity contribution is 0.402. The van der Waals surface area contributed by atoms with Gasteiger partial charge in [0.1, 0.15) is 0 Å². The van der Waals surface area contributed by atoms with Gasteiger partial charge in [0.15, 0.2) is 5.11 Å². The van der Waals surface area contributed by atoms with Crippen molar-refractivity contribution in [2.75, 3.05) is 19.4 Å². The second-order valence-corrected chi connectivity index (χ2v) is 6.57. The van der Waals surface area contributed by atoms with Crippen molar-refractivity contribution in [1.29, 1.82) is 0 Å². The molecule has 0 bridgehead atoms. The van der Waals surface area contributed by atoms with E-state index in [1.54, 1.807) is 0 Å². The van der Waals surface area contributed by atoms with Gasteiger partial charge in [0.25, 0.3) is 0 Å². The summed E-state index contributed by atoms with van der Waals surface area (Å²) in [5, 5.41) is 7.13. The third kappa shape index (κ3) is 5.66. The van der Waals surface area contributed by atoms with Crippen molar-refractivity contribution in [2.45, 2.75) is 26.9 Å². The Morgan fingerprint density at radius 2 is 1.61 bits per heavy atom. The van der Waals surface area contributed by atoms with Crippen LogP contribution in [0.15, 0.2) is 42.5 Å². The van der Waals surface area contributed by atoms with Gasteiger partial charge >= 0.3 is 0 Å². The van der Waals surface area contributed by atoms with Crippen molar-refractivity contribution in [3.05, 3.63) is 64.7 Å². The number of benzene rings is 2. The van der Waals surface area contributed by atoms with Crippen molar-refractivity contribution in [3.63, 3.8) is 0 Å². The zero-order chi connectivity index (χ0) is 16.8. The molecule has 0 aliphatic heterocycles. The molecule has 0 aliphatic rings. The molecule has 0 fully saturated rings. The minimum absolute atomic E-state index is 0.644. The average Bonchev–Trinajstić information content (AvgIpc) is 2.50. The Bertz CT molecular complexity index is 663. The van der Waals surface area contributed by atoms with E-state index >= 15 is 0 Å². The highest BCUT2D eigenvalue weighted by atomic mass is 32.1. The molecule has 0 aromatic heterocycles. The Hall–Kier alpha value is -1.91. The van der Waals surface area contributed by atoms with Crippen molar-refractivity contribution in [2.24, 2.45) is 0 Å². The Morgan fingerprint density at radius 1 is 0.957 bits per heavy atom. The molecular formula is C19H25N3S. The highest BCUT2D eigenvalue weighted by Gasteiger charge is 2.01. The third-order valence-electron chi connectivity index (χ3n) is 3.74. The van der Waals surface area contributed by atoms with E-state index in [-0.39, 0.29) is 0 Å². The maximum atomic E-state index is 5.37. The number of thiocarbonyl (C=S) groups is 1. The summed E-state index contributed by atoms with van der Waals surface area (Å²) in [5.74, 6) is 0. The van der Waals surface area contributed by atoms with Gasteiger partial charge in [0, 0.05) is 18.8 Å². The van der Waals surface area contributed by atoms with Crippen LogP contribution in [0.3, 0.4) is 0 Å². The zero-order valence-corrected chi connectivity index (χ0v) is 15.1. The monoisotopic (exact) mass is 327 g/mol. The van der Waals surface area contributed by atoms with Crippen molar-refractivity contribution in [3.8, 4) is 0 Å². The number of aryl methyl sites for hydroxylation is 2.